The molecule has 0 saturated carbocycles. The van der Waals surface area contributed by atoms with Crippen LogP contribution in [0.1, 0.15) is 25.0 Å². The average molecular weight is 488 g/mol. The molecule has 0 unspecified atom stereocenters. The molecule has 0 amide bonds. The van der Waals surface area contributed by atoms with E-state index < -0.39 is 0 Å². The number of hydrogen-bond donors (Lipinski definition) is 0. The van der Waals surface area contributed by atoms with Gasteiger partial charge >= 0.3 is 0 Å². The molecule has 0 atom stereocenters. The fourth-order valence-corrected chi connectivity index (χ4v) is 6.20. The number of fused-ring (bicyclic) bond motifs is 4. The Balaban J connectivity index is 1.34. The Morgan fingerprint density at radius 2 is 0.974 bits per heavy atom. The van der Waals surface area contributed by atoms with Crippen LogP contribution in [0.2, 0.25) is 0 Å². The highest BCUT2D eigenvalue weighted by Gasteiger charge is 2.37. The van der Waals surface area contributed by atoms with Gasteiger partial charge < -0.3 is 4.90 Å². The van der Waals surface area contributed by atoms with Crippen molar-refractivity contribution in [3.8, 4) is 22.3 Å². The Bertz CT molecular complexity index is 1720. The van der Waals surface area contributed by atoms with Gasteiger partial charge in [-0.2, -0.15) is 0 Å². The van der Waals surface area contributed by atoms with Crippen LogP contribution in [0.5, 0.6) is 0 Å². The molecule has 1 aliphatic carbocycles. The molecule has 0 heterocycles. The maximum atomic E-state index is 2.40. The molecule has 38 heavy (non-hydrogen) atoms. The maximum Gasteiger partial charge on any atom is 0.0462 e. The van der Waals surface area contributed by atoms with Crippen molar-refractivity contribution in [1.82, 2.24) is 0 Å². The molecule has 182 valence electrons. The van der Waals surface area contributed by atoms with Gasteiger partial charge in [0.25, 0.3) is 0 Å². The van der Waals surface area contributed by atoms with Gasteiger partial charge in [0.2, 0.25) is 0 Å². The first-order chi connectivity index (χ1) is 18.6. The lowest BCUT2D eigenvalue weighted by Gasteiger charge is -2.26. The summed E-state index contributed by atoms with van der Waals surface area (Å²) in [6.07, 6.45) is 0. The Kier molecular flexibility index (Phi) is 5.19. The van der Waals surface area contributed by atoms with Gasteiger partial charge in [-0.15, -0.1) is 0 Å². The minimum Gasteiger partial charge on any atom is -0.311 e. The van der Waals surface area contributed by atoms with Gasteiger partial charge in [-0.05, 0) is 92.7 Å². The van der Waals surface area contributed by atoms with Gasteiger partial charge in [-0.25, -0.2) is 0 Å². The number of benzene rings is 6. The zero-order valence-corrected chi connectivity index (χ0v) is 21.7. The highest BCUT2D eigenvalue weighted by molar-refractivity contribution is 5.96. The van der Waals surface area contributed by atoms with Crippen molar-refractivity contribution in [3.63, 3.8) is 0 Å². The van der Waals surface area contributed by atoms with Crippen LogP contribution in [0.3, 0.4) is 0 Å². The Morgan fingerprint density at radius 1 is 0.447 bits per heavy atom. The average Bonchev–Trinajstić information content (AvgIpc) is 3.19. The minimum atomic E-state index is -0.0793. The van der Waals surface area contributed by atoms with Crippen LogP contribution in [0.15, 0.2) is 140 Å². The summed E-state index contributed by atoms with van der Waals surface area (Å²) in [7, 11) is 0. The smallest absolute Gasteiger partial charge is 0.0462 e. The van der Waals surface area contributed by atoms with Crippen LogP contribution >= 0.6 is 0 Å². The highest BCUT2D eigenvalue weighted by Crippen LogP contribution is 2.53. The summed E-state index contributed by atoms with van der Waals surface area (Å²) >= 11 is 0. The van der Waals surface area contributed by atoms with Crippen LogP contribution in [-0.2, 0) is 5.41 Å². The van der Waals surface area contributed by atoms with Crippen molar-refractivity contribution in [1.29, 1.82) is 0 Å². The third-order valence-electron chi connectivity index (χ3n) is 8.00. The van der Waals surface area contributed by atoms with Crippen molar-refractivity contribution in [2.24, 2.45) is 0 Å². The van der Waals surface area contributed by atoms with E-state index in [4.69, 9.17) is 0 Å². The summed E-state index contributed by atoms with van der Waals surface area (Å²) in [6, 6.07) is 50.5. The lowest BCUT2D eigenvalue weighted by atomic mass is 9.78. The van der Waals surface area contributed by atoms with Gasteiger partial charge in [-0.1, -0.05) is 105 Å². The van der Waals surface area contributed by atoms with Crippen molar-refractivity contribution in [2.75, 3.05) is 4.90 Å². The molecule has 1 nitrogen and oxygen atoms in total. The summed E-state index contributed by atoms with van der Waals surface area (Å²) in [6.45, 7) is 4.74. The summed E-state index contributed by atoms with van der Waals surface area (Å²) < 4.78 is 0. The number of rotatable bonds is 4. The first-order valence-electron chi connectivity index (χ1n) is 13.3. The maximum absolute atomic E-state index is 2.40. The Labute approximate surface area is 224 Å². The van der Waals surface area contributed by atoms with E-state index in [1.165, 1.54) is 44.2 Å². The van der Waals surface area contributed by atoms with Crippen LogP contribution in [0.25, 0.3) is 33.0 Å². The second kappa shape index (κ2) is 8.75. The number of nitrogens with zero attached hydrogens (tertiary/aromatic N) is 1. The van der Waals surface area contributed by atoms with E-state index in [9.17, 15) is 0 Å². The normalized spacial score (nSPS) is 13.2. The molecule has 6 aromatic rings. The van der Waals surface area contributed by atoms with E-state index >= 15 is 0 Å². The predicted octanol–water partition coefficient (Wildman–Crippen LogP) is 10.3. The van der Waals surface area contributed by atoms with Gasteiger partial charge in [0.15, 0.2) is 0 Å². The first-order valence-corrected chi connectivity index (χ1v) is 13.3. The number of anilines is 3. The molecular formula is C37H29N. The molecule has 0 bridgehead atoms. The molecule has 0 N–H and O–H groups in total. The molecule has 1 heteroatoms. The molecule has 0 radical (unpaired) electrons. The van der Waals surface area contributed by atoms with Crippen molar-refractivity contribution in [3.05, 3.63) is 151 Å². The molecule has 6 aromatic carbocycles. The lowest BCUT2D eigenvalue weighted by molar-refractivity contribution is 0.663. The van der Waals surface area contributed by atoms with Gasteiger partial charge in [0, 0.05) is 22.5 Å². The highest BCUT2D eigenvalue weighted by atomic mass is 15.1. The van der Waals surface area contributed by atoms with Crippen LogP contribution in [0, 0.1) is 0 Å². The van der Waals surface area contributed by atoms with E-state index in [0.717, 1.165) is 17.1 Å². The predicted molar refractivity (Wildman–Crippen MR) is 162 cm³/mol. The van der Waals surface area contributed by atoms with Crippen molar-refractivity contribution >= 4 is 27.8 Å². The fourth-order valence-electron chi connectivity index (χ4n) is 6.20. The van der Waals surface area contributed by atoms with Gasteiger partial charge in [-0.3, -0.25) is 0 Å². The molecular weight excluding hydrogens is 458 g/mol. The molecule has 0 saturated heterocycles. The number of hydrogen-bond acceptors (Lipinski definition) is 1. The molecule has 7 rings (SSSR count). The Hall–Kier alpha value is -4.62. The van der Waals surface area contributed by atoms with Crippen LogP contribution < -0.4 is 4.90 Å². The third-order valence-corrected chi connectivity index (χ3v) is 8.00. The Morgan fingerprint density at radius 3 is 1.61 bits per heavy atom. The lowest BCUT2D eigenvalue weighted by Crippen LogP contribution is -2.16. The molecule has 0 spiro atoms. The quantitative estimate of drug-likeness (QED) is 0.239. The zero-order valence-electron chi connectivity index (χ0n) is 21.7. The summed E-state index contributed by atoms with van der Waals surface area (Å²) in [4.78, 5) is 2.31. The number of para-hydroxylation sites is 2. The van der Waals surface area contributed by atoms with E-state index in [1.54, 1.807) is 0 Å². The van der Waals surface area contributed by atoms with Crippen molar-refractivity contribution < 1.29 is 0 Å². The molecule has 0 aromatic heterocycles. The summed E-state index contributed by atoms with van der Waals surface area (Å²) in [5.74, 6) is 0. The first kappa shape index (κ1) is 22.6. The van der Waals surface area contributed by atoms with Crippen LogP contribution in [-0.4, -0.2) is 0 Å². The SMILES string of the molecule is CC1(C)c2cc3ccccc3cc2-c2cccc(-c3ccc(N(c4ccccc4)c4ccccc4)cc3)c21. The monoisotopic (exact) mass is 487 g/mol. The molecule has 0 fully saturated rings. The van der Waals surface area contributed by atoms with E-state index in [0.29, 0.717) is 0 Å². The van der Waals surface area contributed by atoms with Gasteiger partial charge in [0.05, 0.1) is 0 Å². The topological polar surface area (TPSA) is 3.24 Å². The second-order valence-corrected chi connectivity index (χ2v) is 10.7. The molecule has 1 aliphatic rings. The van der Waals surface area contributed by atoms with Crippen LogP contribution in [0.4, 0.5) is 17.1 Å². The minimum absolute atomic E-state index is 0.0793. The summed E-state index contributed by atoms with van der Waals surface area (Å²) in [5.41, 5.74) is 11.5. The second-order valence-electron chi connectivity index (χ2n) is 10.7. The van der Waals surface area contributed by atoms with E-state index in [2.05, 4.69) is 158 Å². The standard InChI is InChI=1S/C37H29N/c1-37(2)35-25-28-13-10-9-12-27(28)24-34(35)33-19-11-18-32(36(33)37)26-20-22-31(23-21-26)38(29-14-5-3-6-15-29)30-16-7-4-8-17-30/h3-25H,1-2H3. The van der Waals surface area contributed by atoms with E-state index in [-0.39, 0.29) is 5.41 Å². The molecule has 0 aliphatic heterocycles. The van der Waals surface area contributed by atoms with Crippen molar-refractivity contribution in [2.45, 2.75) is 19.3 Å². The summed E-state index contributed by atoms with van der Waals surface area (Å²) in [5, 5.41) is 2.60. The largest absolute Gasteiger partial charge is 0.311 e. The third kappa shape index (κ3) is 3.55. The van der Waals surface area contributed by atoms with Gasteiger partial charge in [0.1, 0.15) is 0 Å². The fraction of sp³-hybridized carbons (Fsp3) is 0.0811. The van der Waals surface area contributed by atoms with E-state index in [1.807, 2.05) is 0 Å². The zero-order chi connectivity index (χ0) is 25.7.